The third kappa shape index (κ3) is 2.72. The molecule has 1 heterocycles. The third-order valence-electron chi connectivity index (χ3n) is 4.00. The van der Waals surface area contributed by atoms with Gasteiger partial charge in [-0.1, -0.05) is 34.1 Å². The van der Waals surface area contributed by atoms with Crippen LogP contribution in [0.3, 0.4) is 0 Å². The fourth-order valence-corrected chi connectivity index (χ4v) is 3.51. The maximum atomic E-state index is 6.11. The van der Waals surface area contributed by atoms with Gasteiger partial charge < -0.3 is 10.6 Å². The van der Waals surface area contributed by atoms with Crippen LogP contribution in [0.2, 0.25) is 0 Å². The maximum absolute atomic E-state index is 6.11. The van der Waals surface area contributed by atoms with Gasteiger partial charge >= 0.3 is 0 Å². The predicted octanol–water partition coefficient (Wildman–Crippen LogP) is 2.76. The molecule has 0 bridgehead atoms. The van der Waals surface area contributed by atoms with Gasteiger partial charge in [-0.2, -0.15) is 0 Å². The molecular formula is C14H21BrN2. The molecule has 1 aromatic carbocycles. The van der Waals surface area contributed by atoms with Crippen LogP contribution in [0, 0.1) is 0 Å². The zero-order chi connectivity index (χ0) is 12.3. The summed E-state index contributed by atoms with van der Waals surface area (Å²) < 4.78 is 1.20. The zero-order valence-electron chi connectivity index (χ0n) is 10.5. The van der Waals surface area contributed by atoms with Crippen molar-refractivity contribution in [1.29, 1.82) is 0 Å². The minimum Gasteiger partial charge on any atom is -0.330 e. The lowest BCUT2D eigenvalue weighted by molar-refractivity contribution is 0.328. The summed E-state index contributed by atoms with van der Waals surface area (Å²) in [5, 5.41) is 0. The lowest BCUT2D eigenvalue weighted by atomic mass is 9.74. The smallest absolute Gasteiger partial charge is 0.0213 e. The van der Waals surface area contributed by atoms with E-state index in [0.717, 1.165) is 19.5 Å². The van der Waals surface area contributed by atoms with Crippen molar-refractivity contribution in [2.24, 2.45) is 5.73 Å². The molecule has 17 heavy (non-hydrogen) atoms. The molecule has 1 fully saturated rings. The number of nitrogens with zero attached hydrogens (tertiary/aromatic N) is 1. The topological polar surface area (TPSA) is 29.3 Å². The summed E-state index contributed by atoms with van der Waals surface area (Å²) in [7, 11) is 2.20. The van der Waals surface area contributed by atoms with E-state index >= 15 is 0 Å². The van der Waals surface area contributed by atoms with Gasteiger partial charge in [0.25, 0.3) is 0 Å². The average Bonchev–Trinajstić information content (AvgIpc) is 2.53. The molecule has 2 rings (SSSR count). The molecule has 0 aromatic heterocycles. The van der Waals surface area contributed by atoms with E-state index in [1.807, 2.05) is 0 Å². The van der Waals surface area contributed by atoms with Gasteiger partial charge in [-0.15, -0.1) is 0 Å². The van der Waals surface area contributed by atoms with Crippen molar-refractivity contribution in [3.05, 3.63) is 34.3 Å². The molecule has 1 atom stereocenters. The van der Waals surface area contributed by atoms with Crippen molar-refractivity contribution in [2.45, 2.75) is 24.7 Å². The van der Waals surface area contributed by atoms with Gasteiger partial charge in [0.2, 0.25) is 0 Å². The molecule has 0 spiro atoms. The van der Waals surface area contributed by atoms with E-state index in [2.05, 4.69) is 52.1 Å². The monoisotopic (exact) mass is 296 g/mol. The first kappa shape index (κ1) is 13.1. The highest BCUT2D eigenvalue weighted by molar-refractivity contribution is 9.10. The van der Waals surface area contributed by atoms with Crippen molar-refractivity contribution in [1.82, 2.24) is 4.90 Å². The number of hydrogen-bond acceptors (Lipinski definition) is 2. The minimum atomic E-state index is 0.158. The number of hydrogen-bond donors (Lipinski definition) is 1. The van der Waals surface area contributed by atoms with Crippen LogP contribution in [-0.2, 0) is 5.41 Å². The molecule has 2 N–H and O–H groups in total. The molecule has 1 aromatic rings. The maximum Gasteiger partial charge on any atom is 0.0213 e. The number of rotatable bonds is 2. The van der Waals surface area contributed by atoms with E-state index in [1.165, 1.54) is 29.4 Å². The Morgan fingerprint density at radius 3 is 2.76 bits per heavy atom. The minimum absolute atomic E-state index is 0.158. The fraction of sp³-hybridized carbons (Fsp3) is 0.571. The highest BCUT2D eigenvalue weighted by Gasteiger charge is 2.33. The lowest BCUT2D eigenvalue weighted by Gasteiger charge is -2.33. The van der Waals surface area contributed by atoms with Crippen LogP contribution in [0.1, 0.15) is 24.8 Å². The first-order chi connectivity index (χ1) is 8.18. The van der Waals surface area contributed by atoms with Crippen LogP contribution in [0.4, 0.5) is 0 Å². The van der Waals surface area contributed by atoms with Crippen LogP contribution >= 0.6 is 15.9 Å². The van der Waals surface area contributed by atoms with Gasteiger partial charge in [0.05, 0.1) is 0 Å². The first-order valence-corrected chi connectivity index (χ1v) is 7.11. The van der Waals surface area contributed by atoms with E-state index in [9.17, 15) is 0 Å². The summed E-state index contributed by atoms with van der Waals surface area (Å²) >= 11 is 3.68. The largest absolute Gasteiger partial charge is 0.330 e. The second-order valence-corrected chi connectivity index (χ2v) is 5.98. The zero-order valence-corrected chi connectivity index (χ0v) is 12.0. The average molecular weight is 297 g/mol. The summed E-state index contributed by atoms with van der Waals surface area (Å²) in [4.78, 5) is 2.41. The molecule has 1 aliphatic heterocycles. The Hall–Kier alpha value is -0.380. The van der Waals surface area contributed by atoms with E-state index in [4.69, 9.17) is 5.73 Å². The molecule has 0 amide bonds. The summed E-state index contributed by atoms with van der Waals surface area (Å²) in [5.41, 5.74) is 7.66. The van der Waals surface area contributed by atoms with Crippen LogP contribution in [0.15, 0.2) is 28.7 Å². The molecule has 1 saturated heterocycles. The van der Waals surface area contributed by atoms with Crippen LogP contribution in [0.25, 0.3) is 0 Å². The van der Waals surface area contributed by atoms with E-state index in [1.54, 1.807) is 0 Å². The Balaban J connectivity index is 2.33. The van der Waals surface area contributed by atoms with E-state index in [-0.39, 0.29) is 5.41 Å². The molecule has 0 aliphatic carbocycles. The highest BCUT2D eigenvalue weighted by Crippen LogP contribution is 2.38. The van der Waals surface area contributed by atoms with Crippen LogP contribution < -0.4 is 5.73 Å². The number of likely N-dealkylation sites (tertiary alicyclic amines) is 1. The predicted molar refractivity (Wildman–Crippen MR) is 76.2 cm³/mol. The Kier molecular flexibility index (Phi) is 4.23. The normalized spacial score (nSPS) is 26.8. The quantitative estimate of drug-likeness (QED) is 0.909. The van der Waals surface area contributed by atoms with Crippen molar-refractivity contribution in [3.63, 3.8) is 0 Å². The summed E-state index contributed by atoms with van der Waals surface area (Å²) in [6.07, 6.45) is 3.58. The second-order valence-electron chi connectivity index (χ2n) is 5.12. The highest BCUT2D eigenvalue weighted by atomic mass is 79.9. The standard InChI is InChI=1S/C14H21BrN2/c1-17-9-4-7-14(11-16,8-10-17)12-5-2-3-6-13(12)15/h2-3,5-6H,4,7-11,16H2,1H3. The van der Waals surface area contributed by atoms with Crippen molar-refractivity contribution in [2.75, 3.05) is 26.7 Å². The Labute approximate surface area is 112 Å². The molecule has 2 nitrogen and oxygen atoms in total. The Morgan fingerprint density at radius 1 is 1.29 bits per heavy atom. The van der Waals surface area contributed by atoms with Gasteiger partial charge in [0.15, 0.2) is 0 Å². The molecular weight excluding hydrogens is 276 g/mol. The molecule has 0 radical (unpaired) electrons. The number of halogens is 1. The SMILES string of the molecule is CN1CCCC(CN)(c2ccccc2Br)CC1. The number of nitrogens with two attached hydrogens (primary N) is 1. The van der Waals surface area contributed by atoms with Gasteiger partial charge in [-0.05, 0) is 51.0 Å². The number of benzene rings is 1. The van der Waals surface area contributed by atoms with Crippen LogP contribution in [0.5, 0.6) is 0 Å². The van der Waals surface area contributed by atoms with Gasteiger partial charge in [0.1, 0.15) is 0 Å². The Bertz CT molecular complexity index is 380. The van der Waals surface area contributed by atoms with Gasteiger partial charge in [-0.25, -0.2) is 0 Å². The molecule has 1 aliphatic rings. The van der Waals surface area contributed by atoms with Crippen LogP contribution in [-0.4, -0.2) is 31.6 Å². The molecule has 94 valence electrons. The second kappa shape index (κ2) is 5.51. The lowest BCUT2D eigenvalue weighted by Crippen LogP contribution is -2.36. The van der Waals surface area contributed by atoms with E-state index in [0.29, 0.717) is 0 Å². The van der Waals surface area contributed by atoms with E-state index < -0.39 is 0 Å². The molecule has 3 heteroatoms. The van der Waals surface area contributed by atoms with Crippen molar-refractivity contribution >= 4 is 15.9 Å². The van der Waals surface area contributed by atoms with Crippen molar-refractivity contribution in [3.8, 4) is 0 Å². The fourth-order valence-electron chi connectivity index (χ4n) is 2.80. The molecule has 1 unspecified atom stereocenters. The summed E-state index contributed by atoms with van der Waals surface area (Å²) in [5.74, 6) is 0. The summed E-state index contributed by atoms with van der Waals surface area (Å²) in [6, 6.07) is 8.54. The summed E-state index contributed by atoms with van der Waals surface area (Å²) in [6.45, 7) is 3.06. The van der Waals surface area contributed by atoms with Gasteiger partial charge in [-0.3, -0.25) is 0 Å². The Morgan fingerprint density at radius 2 is 2.06 bits per heavy atom. The third-order valence-corrected chi connectivity index (χ3v) is 4.69. The molecule has 0 saturated carbocycles. The van der Waals surface area contributed by atoms with Gasteiger partial charge in [0, 0.05) is 16.4 Å². The van der Waals surface area contributed by atoms with Crippen molar-refractivity contribution < 1.29 is 0 Å². The first-order valence-electron chi connectivity index (χ1n) is 6.31.